The van der Waals surface area contributed by atoms with Crippen molar-refractivity contribution in [2.75, 3.05) is 25.5 Å². The topological polar surface area (TPSA) is 75.7 Å². The molecule has 2 aromatic rings. The van der Waals surface area contributed by atoms with Crippen LogP contribution in [0.4, 0.5) is 5.69 Å². The van der Waals surface area contributed by atoms with Gasteiger partial charge in [-0.25, -0.2) is 8.42 Å². The van der Waals surface area contributed by atoms with Crippen LogP contribution in [0.25, 0.3) is 0 Å². The second kappa shape index (κ2) is 8.53. The van der Waals surface area contributed by atoms with Gasteiger partial charge in [0, 0.05) is 17.8 Å². The van der Waals surface area contributed by atoms with Gasteiger partial charge >= 0.3 is 0 Å². The Kier molecular flexibility index (Phi) is 6.63. The molecular weight excluding hydrogens is 376 g/mol. The smallest absolute Gasteiger partial charge is 0.243 e. The fourth-order valence-electron chi connectivity index (χ4n) is 2.33. The molecular formula is C18H21ClN2O4S. The van der Waals surface area contributed by atoms with E-state index in [-0.39, 0.29) is 11.4 Å². The molecule has 0 spiro atoms. The highest BCUT2D eigenvalue weighted by Gasteiger charge is 2.23. The molecule has 0 atom stereocenters. The minimum Gasteiger partial charge on any atom is -0.494 e. The lowest BCUT2D eigenvalue weighted by Crippen LogP contribution is -2.35. The summed E-state index contributed by atoms with van der Waals surface area (Å²) in [5.74, 6) is 0.175. The van der Waals surface area contributed by atoms with Gasteiger partial charge in [0.25, 0.3) is 0 Å². The Morgan fingerprint density at radius 2 is 1.96 bits per heavy atom. The number of likely N-dealkylation sites (N-methyl/N-ethyl adjacent to an activating group) is 1. The van der Waals surface area contributed by atoms with Crippen molar-refractivity contribution < 1.29 is 17.9 Å². The number of carbonyl (C=O) groups excluding carboxylic acids is 1. The molecule has 0 saturated carbocycles. The number of halogens is 1. The van der Waals surface area contributed by atoms with E-state index < -0.39 is 15.9 Å². The molecule has 1 amide bonds. The summed E-state index contributed by atoms with van der Waals surface area (Å²) in [7, 11) is -2.44. The zero-order chi connectivity index (χ0) is 19.3. The van der Waals surface area contributed by atoms with Gasteiger partial charge in [0.1, 0.15) is 5.75 Å². The van der Waals surface area contributed by atoms with Crippen LogP contribution in [0.5, 0.6) is 5.75 Å². The van der Waals surface area contributed by atoms with Gasteiger partial charge in [0.2, 0.25) is 15.9 Å². The molecule has 0 radical (unpaired) electrons. The van der Waals surface area contributed by atoms with Crippen molar-refractivity contribution in [1.82, 2.24) is 4.31 Å². The zero-order valence-corrected chi connectivity index (χ0v) is 16.4. The predicted octanol–water partition coefficient (Wildman–Crippen LogP) is 3.31. The molecule has 2 rings (SSSR count). The maximum Gasteiger partial charge on any atom is 0.243 e. The molecule has 0 heterocycles. The Balaban J connectivity index is 2.10. The van der Waals surface area contributed by atoms with Crippen LogP contribution in [-0.4, -0.2) is 38.8 Å². The molecule has 6 nitrogen and oxygen atoms in total. The van der Waals surface area contributed by atoms with Gasteiger partial charge < -0.3 is 10.1 Å². The first-order valence-corrected chi connectivity index (χ1v) is 9.81. The van der Waals surface area contributed by atoms with E-state index in [4.69, 9.17) is 16.3 Å². The van der Waals surface area contributed by atoms with E-state index in [1.165, 1.54) is 19.2 Å². The Bertz CT molecular complexity index is 900. The lowest BCUT2D eigenvalue weighted by atomic mass is 10.2. The lowest BCUT2D eigenvalue weighted by Gasteiger charge is -2.18. The molecule has 140 valence electrons. The van der Waals surface area contributed by atoms with Crippen molar-refractivity contribution in [3.05, 3.63) is 53.1 Å². The monoisotopic (exact) mass is 396 g/mol. The van der Waals surface area contributed by atoms with E-state index in [1.807, 2.05) is 6.92 Å². The van der Waals surface area contributed by atoms with Gasteiger partial charge in [-0.2, -0.15) is 4.31 Å². The van der Waals surface area contributed by atoms with Gasteiger partial charge in [-0.3, -0.25) is 4.79 Å². The number of amides is 1. The van der Waals surface area contributed by atoms with Crippen LogP contribution in [0, 0.1) is 6.92 Å². The average molecular weight is 397 g/mol. The molecule has 1 N–H and O–H groups in total. The quantitative estimate of drug-likeness (QED) is 0.779. The zero-order valence-electron chi connectivity index (χ0n) is 14.8. The maximum atomic E-state index is 12.7. The van der Waals surface area contributed by atoms with Crippen molar-refractivity contribution in [2.45, 2.75) is 18.7 Å². The van der Waals surface area contributed by atoms with Crippen LogP contribution in [0.3, 0.4) is 0 Å². The van der Waals surface area contributed by atoms with Gasteiger partial charge in [-0.05, 0) is 55.8 Å². The molecule has 0 bridgehead atoms. The third-order valence-corrected chi connectivity index (χ3v) is 5.66. The van der Waals surface area contributed by atoms with E-state index in [2.05, 4.69) is 5.32 Å². The summed E-state index contributed by atoms with van der Waals surface area (Å²) in [6.45, 7) is 3.81. The number of hydrogen-bond acceptors (Lipinski definition) is 4. The van der Waals surface area contributed by atoms with Gasteiger partial charge in [0.05, 0.1) is 18.0 Å². The van der Waals surface area contributed by atoms with Crippen molar-refractivity contribution in [1.29, 1.82) is 0 Å². The molecule has 8 heteroatoms. The number of carbonyl (C=O) groups is 1. The van der Waals surface area contributed by atoms with Crippen molar-refractivity contribution in [2.24, 2.45) is 0 Å². The average Bonchev–Trinajstić information content (AvgIpc) is 2.56. The molecule has 26 heavy (non-hydrogen) atoms. The molecule has 0 saturated heterocycles. The number of sulfonamides is 1. The molecule has 0 unspecified atom stereocenters. The van der Waals surface area contributed by atoms with Gasteiger partial charge in [-0.15, -0.1) is 0 Å². The van der Waals surface area contributed by atoms with Crippen LogP contribution in [0.2, 0.25) is 5.02 Å². The van der Waals surface area contributed by atoms with Crippen molar-refractivity contribution in [3.8, 4) is 5.75 Å². The summed E-state index contributed by atoms with van der Waals surface area (Å²) in [6.07, 6.45) is 0. The minimum atomic E-state index is -3.80. The number of benzene rings is 2. The number of nitrogens with one attached hydrogen (secondary N) is 1. The van der Waals surface area contributed by atoms with E-state index in [0.29, 0.717) is 28.6 Å². The Labute approximate surface area is 158 Å². The summed E-state index contributed by atoms with van der Waals surface area (Å²) in [6, 6.07) is 11.3. The van der Waals surface area contributed by atoms with E-state index >= 15 is 0 Å². The summed E-state index contributed by atoms with van der Waals surface area (Å²) in [5.41, 5.74) is 1.22. The van der Waals surface area contributed by atoms with Crippen molar-refractivity contribution in [3.63, 3.8) is 0 Å². The van der Waals surface area contributed by atoms with Crippen LogP contribution < -0.4 is 10.1 Å². The van der Waals surface area contributed by atoms with Crippen LogP contribution in [0.1, 0.15) is 12.5 Å². The van der Waals surface area contributed by atoms with Crippen molar-refractivity contribution >= 4 is 33.2 Å². The van der Waals surface area contributed by atoms with E-state index in [9.17, 15) is 13.2 Å². The van der Waals surface area contributed by atoms with E-state index in [0.717, 1.165) is 4.31 Å². The Hall–Kier alpha value is -2.09. The standard InChI is InChI=1S/C18H21ClN2O4S/c1-4-25-17-9-8-16(10-13(17)2)26(23,24)21(3)12-18(22)20-15-7-5-6-14(19)11-15/h5-11H,4,12H2,1-3H3,(H,20,22). The summed E-state index contributed by atoms with van der Waals surface area (Å²) in [5, 5.41) is 3.11. The van der Waals surface area contributed by atoms with Crippen LogP contribution in [0.15, 0.2) is 47.4 Å². The molecule has 0 aliphatic carbocycles. The number of anilines is 1. The molecule has 0 aromatic heterocycles. The Morgan fingerprint density at radius 1 is 1.23 bits per heavy atom. The lowest BCUT2D eigenvalue weighted by molar-refractivity contribution is -0.116. The first-order valence-electron chi connectivity index (χ1n) is 7.99. The third-order valence-electron chi connectivity index (χ3n) is 3.63. The summed E-state index contributed by atoms with van der Waals surface area (Å²) < 4.78 is 31.8. The molecule has 0 aliphatic rings. The fourth-order valence-corrected chi connectivity index (χ4v) is 3.74. The SMILES string of the molecule is CCOc1ccc(S(=O)(=O)N(C)CC(=O)Nc2cccc(Cl)c2)cc1C. The third kappa shape index (κ3) is 4.97. The fraction of sp³-hybridized carbons (Fsp3) is 0.278. The normalized spacial score (nSPS) is 11.4. The highest BCUT2D eigenvalue weighted by atomic mass is 35.5. The summed E-state index contributed by atoms with van der Waals surface area (Å²) in [4.78, 5) is 12.2. The van der Waals surface area contributed by atoms with Crippen LogP contribution in [-0.2, 0) is 14.8 Å². The highest BCUT2D eigenvalue weighted by Crippen LogP contribution is 2.23. The van der Waals surface area contributed by atoms with E-state index in [1.54, 1.807) is 37.3 Å². The number of ether oxygens (including phenoxy) is 1. The molecule has 0 aliphatic heterocycles. The molecule has 2 aromatic carbocycles. The second-order valence-electron chi connectivity index (χ2n) is 5.68. The summed E-state index contributed by atoms with van der Waals surface area (Å²) >= 11 is 5.87. The highest BCUT2D eigenvalue weighted by molar-refractivity contribution is 7.89. The van der Waals surface area contributed by atoms with Gasteiger partial charge in [-0.1, -0.05) is 17.7 Å². The number of aryl methyl sites for hydroxylation is 1. The predicted molar refractivity (Wildman–Crippen MR) is 102 cm³/mol. The second-order valence-corrected chi connectivity index (χ2v) is 8.16. The first kappa shape index (κ1) is 20.2. The maximum absolute atomic E-state index is 12.7. The number of rotatable bonds is 7. The Morgan fingerprint density at radius 3 is 2.58 bits per heavy atom. The van der Waals surface area contributed by atoms with Crippen LogP contribution >= 0.6 is 11.6 Å². The number of hydrogen-bond donors (Lipinski definition) is 1. The molecule has 0 fully saturated rings. The first-order chi connectivity index (χ1) is 12.2. The minimum absolute atomic E-state index is 0.108. The largest absolute Gasteiger partial charge is 0.494 e. The number of nitrogens with zero attached hydrogens (tertiary/aromatic N) is 1. The van der Waals surface area contributed by atoms with Gasteiger partial charge in [0.15, 0.2) is 0 Å².